The van der Waals surface area contributed by atoms with Crippen molar-refractivity contribution in [3.05, 3.63) is 91.1 Å². The van der Waals surface area contributed by atoms with Gasteiger partial charge < -0.3 is 10.5 Å². The summed E-state index contributed by atoms with van der Waals surface area (Å²) < 4.78 is 5.89. The number of hydrogen-bond acceptors (Lipinski definition) is 4. The lowest BCUT2D eigenvalue weighted by Crippen LogP contribution is -1.92. The van der Waals surface area contributed by atoms with Gasteiger partial charge in [0.05, 0.1) is 23.1 Å². The van der Waals surface area contributed by atoms with Crippen LogP contribution in [0, 0.1) is 0 Å². The fourth-order valence-corrected chi connectivity index (χ4v) is 3.31. The van der Waals surface area contributed by atoms with Crippen LogP contribution in [0.5, 0.6) is 11.5 Å². The average Bonchev–Trinajstić information content (AvgIpc) is 3.23. The van der Waals surface area contributed by atoms with Gasteiger partial charge in [-0.1, -0.05) is 30.3 Å². The van der Waals surface area contributed by atoms with Crippen molar-refractivity contribution in [1.82, 2.24) is 15.2 Å². The molecule has 5 aromatic rings. The molecule has 0 aliphatic carbocycles. The zero-order chi connectivity index (χ0) is 19.6. The van der Waals surface area contributed by atoms with Gasteiger partial charge in [0.15, 0.2) is 0 Å². The summed E-state index contributed by atoms with van der Waals surface area (Å²) in [5.41, 5.74) is 11.2. The van der Waals surface area contributed by atoms with E-state index in [1.165, 1.54) is 0 Å². The highest BCUT2D eigenvalue weighted by atomic mass is 16.5. The number of nitrogens with one attached hydrogen (secondary N) is 1. The highest BCUT2D eigenvalue weighted by molar-refractivity contribution is 5.94. The predicted octanol–water partition coefficient (Wildman–Crippen LogP) is 5.67. The Balaban J connectivity index is 1.55. The molecular weight excluding hydrogens is 360 g/mol. The molecule has 0 saturated carbocycles. The van der Waals surface area contributed by atoms with E-state index in [2.05, 4.69) is 10.2 Å². The normalized spacial score (nSPS) is 10.9. The molecule has 0 unspecified atom stereocenters. The van der Waals surface area contributed by atoms with Crippen LogP contribution in [0.2, 0.25) is 0 Å². The van der Waals surface area contributed by atoms with Crippen LogP contribution in [-0.2, 0) is 0 Å². The third-order valence-electron chi connectivity index (χ3n) is 4.72. The first-order valence-electron chi connectivity index (χ1n) is 9.30. The largest absolute Gasteiger partial charge is 0.457 e. The summed E-state index contributed by atoms with van der Waals surface area (Å²) in [7, 11) is 0. The number of nitrogen functional groups attached to an aromatic ring is 1. The Kier molecular flexibility index (Phi) is 4.18. The maximum absolute atomic E-state index is 5.96. The van der Waals surface area contributed by atoms with Crippen LogP contribution in [0.25, 0.3) is 33.4 Å². The maximum atomic E-state index is 5.96. The Hall–Kier alpha value is -4.12. The van der Waals surface area contributed by atoms with E-state index in [1.54, 1.807) is 0 Å². The summed E-state index contributed by atoms with van der Waals surface area (Å²) in [6, 6.07) is 27.4. The SMILES string of the molecule is Nc1cccc(-c2cc3cn[nH]c3c(-c3ccc(Oc4ccccc4)cc3)n2)c1. The number of H-pyrrole nitrogens is 1. The van der Waals surface area contributed by atoms with Crippen molar-refractivity contribution < 1.29 is 4.74 Å². The molecule has 140 valence electrons. The van der Waals surface area contributed by atoms with Crippen molar-refractivity contribution in [2.24, 2.45) is 0 Å². The molecule has 0 aliphatic rings. The molecule has 29 heavy (non-hydrogen) atoms. The van der Waals surface area contributed by atoms with Crippen molar-refractivity contribution in [3.63, 3.8) is 0 Å². The van der Waals surface area contributed by atoms with Crippen LogP contribution in [0.1, 0.15) is 0 Å². The van der Waals surface area contributed by atoms with Crippen molar-refractivity contribution in [2.75, 3.05) is 5.73 Å². The second kappa shape index (κ2) is 7.13. The molecule has 0 aliphatic heterocycles. The van der Waals surface area contributed by atoms with E-state index in [0.29, 0.717) is 5.69 Å². The molecular formula is C24H18N4O. The number of aromatic nitrogens is 3. The smallest absolute Gasteiger partial charge is 0.127 e. The van der Waals surface area contributed by atoms with Gasteiger partial charge in [-0.2, -0.15) is 5.10 Å². The zero-order valence-electron chi connectivity index (χ0n) is 15.5. The van der Waals surface area contributed by atoms with E-state index < -0.39 is 0 Å². The second-order valence-electron chi connectivity index (χ2n) is 6.76. The number of nitrogens with two attached hydrogens (primary N) is 1. The fourth-order valence-electron chi connectivity index (χ4n) is 3.31. The topological polar surface area (TPSA) is 76.8 Å². The van der Waals surface area contributed by atoms with E-state index in [-0.39, 0.29) is 0 Å². The Labute approximate surface area is 167 Å². The first kappa shape index (κ1) is 17.0. The number of ether oxygens (including phenoxy) is 1. The fraction of sp³-hybridized carbons (Fsp3) is 0. The third-order valence-corrected chi connectivity index (χ3v) is 4.72. The predicted molar refractivity (Wildman–Crippen MR) is 116 cm³/mol. The lowest BCUT2D eigenvalue weighted by atomic mass is 10.0. The number of aromatic amines is 1. The molecule has 5 heteroatoms. The van der Waals surface area contributed by atoms with Crippen LogP contribution < -0.4 is 10.5 Å². The Morgan fingerprint density at radius 1 is 0.759 bits per heavy atom. The number of anilines is 1. The molecule has 0 atom stereocenters. The number of pyridine rings is 1. The number of benzene rings is 3. The second-order valence-corrected chi connectivity index (χ2v) is 6.76. The molecule has 0 amide bonds. The Morgan fingerprint density at radius 3 is 2.34 bits per heavy atom. The van der Waals surface area contributed by atoms with Crippen molar-refractivity contribution in [3.8, 4) is 34.0 Å². The van der Waals surface area contributed by atoms with Gasteiger partial charge in [-0.15, -0.1) is 0 Å². The quantitative estimate of drug-likeness (QED) is 0.395. The summed E-state index contributed by atoms with van der Waals surface area (Å²) in [4.78, 5) is 4.90. The van der Waals surface area contributed by atoms with E-state index in [1.807, 2.05) is 91.1 Å². The van der Waals surface area contributed by atoms with Gasteiger partial charge in [-0.25, -0.2) is 4.98 Å². The monoisotopic (exact) mass is 378 g/mol. The third kappa shape index (κ3) is 3.41. The number of hydrogen-bond donors (Lipinski definition) is 2. The van der Waals surface area contributed by atoms with E-state index in [9.17, 15) is 0 Å². The van der Waals surface area contributed by atoms with Crippen molar-refractivity contribution >= 4 is 16.6 Å². The van der Waals surface area contributed by atoms with Gasteiger partial charge >= 0.3 is 0 Å². The average molecular weight is 378 g/mol. The van der Waals surface area contributed by atoms with Crippen LogP contribution in [-0.4, -0.2) is 15.2 Å². The van der Waals surface area contributed by atoms with Gasteiger partial charge in [0.2, 0.25) is 0 Å². The first-order chi connectivity index (χ1) is 14.3. The molecule has 5 nitrogen and oxygen atoms in total. The molecule has 0 spiro atoms. The van der Waals surface area contributed by atoms with Crippen LogP contribution in [0.4, 0.5) is 5.69 Å². The highest BCUT2D eigenvalue weighted by Gasteiger charge is 2.12. The molecule has 0 fully saturated rings. The maximum Gasteiger partial charge on any atom is 0.127 e. The van der Waals surface area contributed by atoms with Crippen molar-refractivity contribution in [2.45, 2.75) is 0 Å². The molecule has 3 aromatic carbocycles. The van der Waals surface area contributed by atoms with Crippen LogP contribution in [0.3, 0.4) is 0 Å². The van der Waals surface area contributed by atoms with Gasteiger partial charge in [0.1, 0.15) is 11.5 Å². The number of nitrogens with zero attached hydrogens (tertiary/aromatic N) is 2. The number of fused-ring (bicyclic) bond motifs is 1. The molecule has 0 radical (unpaired) electrons. The lowest BCUT2D eigenvalue weighted by molar-refractivity contribution is 0.483. The molecule has 5 rings (SSSR count). The summed E-state index contributed by atoms with van der Waals surface area (Å²) >= 11 is 0. The summed E-state index contributed by atoms with van der Waals surface area (Å²) in [6.07, 6.45) is 1.81. The first-order valence-corrected chi connectivity index (χ1v) is 9.30. The lowest BCUT2D eigenvalue weighted by Gasteiger charge is -2.09. The van der Waals surface area contributed by atoms with Crippen LogP contribution >= 0.6 is 0 Å². The van der Waals surface area contributed by atoms with E-state index in [4.69, 9.17) is 15.5 Å². The minimum Gasteiger partial charge on any atom is -0.457 e. The van der Waals surface area contributed by atoms with Gasteiger partial charge in [-0.05, 0) is 54.6 Å². The van der Waals surface area contributed by atoms with Gasteiger partial charge in [0.25, 0.3) is 0 Å². The molecule has 2 aromatic heterocycles. The summed E-state index contributed by atoms with van der Waals surface area (Å²) in [5, 5.41) is 8.26. The number of para-hydroxylation sites is 1. The molecule has 0 saturated heterocycles. The van der Waals surface area contributed by atoms with Crippen molar-refractivity contribution in [1.29, 1.82) is 0 Å². The van der Waals surface area contributed by atoms with E-state index in [0.717, 1.165) is 44.9 Å². The Morgan fingerprint density at radius 2 is 1.55 bits per heavy atom. The highest BCUT2D eigenvalue weighted by Crippen LogP contribution is 2.32. The number of rotatable bonds is 4. The molecule has 2 heterocycles. The van der Waals surface area contributed by atoms with E-state index >= 15 is 0 Å². The van der Waals surface area contributed by atoms with Gasteiger partial charge in [-0.3, -0.25) is 5.10 Å². The molecule has 0 bridgehead atoms. The molecule has 3 N–H and O–H groups in total. The Bertz CT molecular complexity index is 1280. The summed E-state index contributed by atoms with van der Waals surface area (Å²) in [6.45, 7) is 0. The van der Waals surface area contributed by atoms with Gasteiger partial charge in [0, 0.05) is 22.2 Å². The standard InChI is InChI=1S/C24H18N4O/c25-19-6-4-5-17(13-19)22-14-18-15-26-28-24(18)23(27-22)16-9-11-21(12-10-16)29-20-7-2-1-3-8-20/h1-15H,25H2,(H,26,28). The summed E-state index contributed by atoms with van der Waals surface area (Å²) in [5.74, 6) is 1.57. The minimum atomic E-state index is 0.709. The van der Waals surface area contributed by atoms with Crippen LogP contribution in [0.15, 0.2) is 91.1 Å². The zero-order valence-corrected chi connectivity index (χ0v) is 15.5. The minimum absolute atomic E-state index is 0.709.